The van der Waals surface area contributed by atoms with Crippen LogP contribution >= 0.6 is 23.4 Å². The standard InChI is InChI=1S/C14H17ClN2O3S/c1-9(13(18)20-3)21-14-16-11-8-10(15)4-5-12(11)17(14)6-7-19-2/h4-5,8-9H,6-7H2,1-3H3/t9-/m1/s1. The Kier molecular flexibility index (Phi) is 5.50. The minimum Gasteiger partial charge on any atom is -0.468 e. The molecule has 2 rings (SSSR count). The second kappa shape index (κ2) is 7.15. The van der Waals surface area contributed by atoms with Gasteiger partial charge in [0.15, 0.2) is 5.16 Å². The lowest BCUT2D eigenvalue weighted by molar-refractivity contribution is -0.139. The molecule has 0 fully saturated rings. The minimum absolute atomic E-state index is 0.275. The highest BCUT2D eigenvalue weighted by Crippen LogP contribution is 2.29. The van der Waals surface area contributed by atoms with Gasteiger partial charge in [0.05, 0.1) is 24.8 Å². The first-order valence-electron chi connectivity index (χ1n) is 6.46. The number of hydrogen-bond donors (Lipinski definition) is 0. The zero-order valence-corrected chi connectivity index (χ0v) is 13.7. The number of carbonyl (C=O) groups is 1. The normalized spacial score (nSPS) is 12.6. The number of nitrogens with zero attached hydrogens (tertiary/aromatic N) is 2. The van der Waals surface area contributed by atoms with Crippen molar-refractivity contribution in [1.29, 1.82) is 0 Å². The van der Waals surface area contributed by atoms with E-state index < -0.39 is 0 Å². The molecule has 21 heavy (non-hydrogen) atoms. The zero-order valence-electron chi connectivity index (χ0n) is 12.1. The summed E-state index contributed by atoms with van der Waals surface area (Å²) in [6.07, 6.45) is 0. The SMILES string of the molecule is COCCn1c(S[C@H](C)C(=O)OC)nc2cc(Cl)ccc21. The lowest BCUT2D eigenvalue weighted by Gasteiger charge is -2.11. The van der Waals surface area contributed by atoms with Crippen LogP contribution in [0, 0.1) is 0 Å². The number of methoxy groups -OCH3 is 2. The van der Waals surface area contributed by atoms with Gasteiger partial charge in [0.25, 0.3) is 0 Å². The zero-order chi connectivity index (χ0) is 15.4. The quantitative estimate of drug-likeness (QED) is 0.602. The van der Waals surface area contributed by atoms with Crippen molar-refractivity contribution in [2.75, 3.05) is 20.8 Å². The minimum atomic E-state index is -0.330. The maximum absolute atomic E-state index is 11.6. The van der Waals surface area contributed by atoms with Crippen LogP contribution in [0.1, 0.15) is 6.92 Å². The van der Waals surface area contributed by atoms with Crippen LogP contribution in [0.25, 0.3) is 11.0 Å². The number of ether oxygens (including phenoxy) is 2. The Morgan fingerprint density at radius 3 is 2.90 bits per heavy atom. The Hall–Kier alpha value is -1.24. The number of carbonyl (C=O) groups excluding carboxylic acids is 1. The third kappa shape index (κ3) is 3.70. The Balaban J connectivity index is 2.38. The molecule has 114 valence electrons. The highest BCUT2D eigenvalue weighted by atomic mass is 35.5. The molecule has 5 nitrogen and oxygen atoms in total. The van der Waals surface area contributed by atoms with Gasteiger partial charge in [-0.05, 0) is 25.1 Å². The van der Waals surface area contributed by atoms with Gasteiger partial charge in [-0.15, -0.1) is 0 Å². The van der Waals surface area contributed by atoms with E-state index >= 15 is 0 Å². The summed E-state index contributed by atoms with van der Waals surface area (Å²) in [5, 5.41) is 1.06. The Morgan fingerprint density at radius 1 is 1.48 bits per heavy atom. The van der Waals surface area contributed by atoms with Crippen molar-refractivity contribution in [3.63, 3.8) is 0 Å². The van der Waals surface area contributed by atoms with Crippen LogP contribution in [0.5, 0.6) is 0 Å². The summed E-state index contributed by atoms with van der Waals surface area (Å²) in [6, 6.07) is 5.56. The van der Waals surface area contributed by atoms with Crippen LogP contribution in [0.4, 0.5) is 0 Å². The molecule has 0 aliphatic carbocycles. The highest BCUT2D eigenvalue weighted by Gasteiger charge is 2.19. The molecule has 1 aromatic carbocycles. The maximum Gasteiger partial charge on any atom is 0.318 e. The van der Waals surface area contributed by atoms with Gasteiger partial charge in [-0.25, -0.2) is 4.98 Å². The summed E-state index contributed by atoms with van der Waals surface area (Å²) in [5.74, 6) is -0.275. The topological polar surface area (TPSA) is 53.4 Å². The van der Waals surface area contributed by atoms with Gasteiger partial charge in [0, 0.05) is 18.7 Å². The number of halogens is 1. The van der Waals surface area contributed by atoms with Gasteiger partial charge < -0.3 is 14.0 Å². The van der Waals surface area contributed by atoms with Crippen molar-refractivity contribution in [2.24, 2.45) is 0 Å². The number of benzene rings is 1. The molecule has 2 aromatic rings. The summed E-state index contributed by atoms with van der Waals surface area (Å²) in [7, 11) is 3.03. The van der Waals surface area contributed by atoms with Gasteiger partial charge in [-0.3, -0.25) is 4.79 Å². The van der Waals surface area contributed by atoms with Crippen molar-refractivity contribution >= 4 is 40.4 Å². The highest BCUT2D eigenvalue weighted by molar-refractivity contribution is 8.00. The average molecular weight is 329 g/mol. The van der Waals surface area contributed by atoms with Gasteiger partial charge in [0.1, 0.15) is 5.25 Å². The van der Waals surface area contributed by atoms with Crippen molar-refractivity contribution < 1.29 is 14.3 Å². The summed E-state index contributed by atoms with van der Waals surface area (Å²) < 4.78 is 11.9. The Bertz CT molecular complexity index is 644. The molecule has 1 aromatic heterocycles. The number of thioether (sulfide) groups is 1. The van der Waals surface area contributed by atoms with Gasteiger partial charge in [-0.2, -0.15) is 0 Å². The fourth-order valence-electron chi connectivity index (χ4n) is 1.94. The van der Waals surface area contributed by atoms with Crippen molar-refractivity contribution in [3.05, 3.63) is 23.2 Å². The van der Waals surface area contributed by atoms with E-state index in [-0.39, 0.29) is 11.2 Å². The second-order valence-corrected chi connectivity index (χ2v) is 6.20. The number of esters is 1. The number of imidazole rings is 1. The number of rotatable bonds is 6. The first-order chi connectivity index (χ1) is 10.1. The molecule has 1 atom stereocenters. The summed E-state index contributed by atoms with van der Waals surface area (Å²) in [4.78, 5) is 16.1. The van der Waals surface area contributed by atoms with Crippen molar-refractivity contribution in [1.82, 2.24) is 9.55 Å². The summed E-state index contributed by atoms with van der Waals surface area (Å²) >= 11 is 7.37. The Labute approximate surface area is 132 Å². The lowest BCUT2D eigenvalue weighted by Crippen LogP contribution is -2.16. The second-order valence-electron chi connectivity index (χ2n) is 4.46. The smallest absolute Gasteiger partial charge is 0.318 e. The van der Waals surface area contributed by atoms with Crippen LogP contribution in [-0.4, -0.2) is 41.6 Å². The van der Waals surface area contributed by atoms with Gasteiger partial charge >= 0.3 is 5.97 Å². The van der Waals surface area contributed by atoms with Crippen molar-refractivity contribution in [3.8, 4) is 0 Å². The van der Waals surface area contributed by atoms with E-state index in [0.29, 0.717) is 18.2 Å². The molecule has 0 saturated heterocycles. The molecule has 1 heterocycles. The van der Waals surface area contributed by atoms with Crippen LogP contribution in [0.3, 0.4) is 0 Å². The van der Waals surface area contributed by atoms with E-state index in [0.717, 1.165) is 16.2 Å². The fraction of sp³-hybridized carbons (Fsp3) is 0.429. The molecular formula is C14H17ClN2O3S. The molecule has 0 N–H and O–H groups in total. The van der Waals surface area contributed by atoms with Gasteiger partial charge in [-0.1, -0.05) is 23.4 Å². The fourth-order valence-corrected chi connectivity index (χ4v) is 3.08. The molecule has 0 spiro atoms. The predicted octanol–water partition coefficient (Wildman–Crippen LogP) is 2.99. The van der Waals surface area contributed by atoms with E-state index in [1.165, 1.54) is 18.9 Å². The molecule has 0 aliphatic heterocycles. The van der Waals surface area contributed by atoms with E-state index in [9.17, 15) is 4.79 Å². The molecule has 0 unspecified atom stereocenters. The van der Waals surface area contributed by atoms with E-state index in [1.807, 2.05) is 22.8 Å². The van der Waals surface area contributed by atoms with Crippen molar-refractivity contribution in [2.45, 2.75) is 23.9 Å². The molecule has 7 heteroatoms. The number of aromatic nitrogens is 2. The maximum atomic E-state index is 11.6. The molecule has 0 saturated carbocycles. The molecule has 0 aliphatic rings. The average Bonchev–Trinajstić information content (AvgIpc) is 2.80. The van der Waals surface area contributed by atoms with Crippen LogP contribution < -0.4 is 0 Å². The first kappa shape index (κ1) is 16.1. The largest absolute Gasteiger partial charge is 0.468 e. The van der Waals surface area contributed by atoms with Crippen LogP contribution in [-0.2, 0) is 20.8 Å². The van der Waals surface area contributed by atoms with Gasteiger partial charge in [0.2, 0.25) is 0 Å². The molecule has 0 radical (unpaired) electrons. The van der Waals surface area contributed by atoms with E-state index in [4.69, 9.17) is 21.1 Å². The number of hydrogen-bond acceptors (Lipinski definition) is 5. The Morgan fingerprint density at radius 2 is 2.24 bits per heavy atom. The molecule has 0 amide bonds. The molecule has 0 bridgehead atoms. The van der Waals surface area contributed by atoms with Crippen LogP contribution in [0.15, 0.2) is 23.4 Å². The summed E-state index contributed by atoms with van der Waals surface area (Å²) in [6.45, 7) is 3.02. The number of fused-ring (bicyclic) bond motifs is 1. The third-order valence-corrected chi connectivity index (χ3v) is 4.31. The monoisotopic (exact) mass is 328 g/mol. The predicted molar refractivity (Wildman–Crippen MR) is 84.0 cm³/mol. The third-order valence-electron chi connectivity index (χ3n) is 3.01. The van der Waals surface area contributed by atoms with E-state index in [1.54, 1.807) is 14.0 Å². The van der Waals surface area contributed by atoms with Crippen LogP contribution in [0.2, 0.25) is 5.02 Å². The lowest BCUT2D eigenvalue weighted by atomic mass is 10.3. The summed E-state index contributed by atoms with van der Waals surface area (Å²) in [5.41, 5.74) is 1.77. The first-order valence-corrected chi connectivity index (χ1v) is 7.71. The molecular weight excluding hydrogens is 312 g/mol. The van der Waals surface area contributed by atoms with E-state index in [2.05, 4.69) is 4.98 Å².